The van der Waals surface area contributed by atoms with Gasteiger partial charge in [0.15, 0.2) is 9.84 Å². The molecule has 0 N–H and O–H groups in total. The van der Waals surface area contributed by atoms with Gasteiger partial charge >= 0.3 is 0 Å². The Hall–Kier alpha value is -1.38. The summed E-state index contributed by atoms with van der Waals surface area (Å²) in [7, 11) is -3.45. The van der Waals surface area contributed by atoms with Crippen LogP contribution < -0.4 is 0 Å². The Labute approximate surface area is 102 Å². The zero-order valence-corrected chi connectivity index (χ0v) is 10.7. The molecule has 5 heteroatoms. The molecule has 0 unspecified atom stereocenters. The van der Waals surface area contributed by atoms with E-state index in [0.29, 0.717) is 0 Å². The molecule has 4 nitrogen and oxygen atoms in total. The highest BCUT2D eigenvalue weighted by Gasteiger charge is 2.18. The largest absolute Gasteiger partial charge is 0.378 e. The highest BCUT2D eigenvalue weighted by molar-refractivity contribution is 7.91. The SMILES string of the molecule is CC(C)OCCS(=O)(=O)c1ccccc1C#N. The second-order valence-corrected chi connectivity index (χ2v) is 5.92. The minimum absolute atomic E-state index is 0.00332. The monoisotopic (exact) mass is 253 g/mol. The summed E-state index contributed by atoms with van der Waals surface area (Å²) >= 11 is 0. The molecule has 0 aliphatic heterocycles. The molecule has 0 aliphatic carbocycles. The molecular formula is C12H15NO3S. The third-order valence-corrected chi connectivity index (χ3v) is 3.88. The van der Waals surface area contributed by atoms with Crippen molar-refractivity contribution in [2.75, 3.05) is 12.4 Å². The third kappa shape index (κ3) is 3.84. The van der Waals surface area contributed by atoms with Crippen molar-refractivity contribution in [3.63, 3.8) is 0 Å². The highest BCUT2D eigenvalue weighted by atomic mass is 32.2. The van der Waals surface area contributed by atoms with Gasteiger partial charge in [0.25, 0.3) is 0 Å². The Bertz CT molecular complexity index is 515. The first kappa shape index (κ1) is 13.7. The Kier molecular flexibility index (Phi) is 4.67. The molecule has 0 radical (unpaired) electrons. The Morgan fingerprint density at radius 2 is 2.00 bits per heavy atom. The van der Waals surface area contributed by atoms with Crippen LogP contribution in [0.15, 0.2) is 29.2 Å². The van der Waals surface area contributed by atoms with Gasteiger partial charge in [-0.25, -0.2) is 8.42 Å². The highest BCUT2D eigenvalue weighted by Crippen LogP contribution is 2.16. The molecule has 1 aromatic carbocycles. The maximum Gasteiger partial charge on any atom is 0.181 e. The third-order valence-electron chi connectivity index (χ3n) is 2.15. The smallest absolute Gasteiger partial charge is 0.181 e. The minimum Gasteiger partial charge on any atom is -0.378 e. The molecule has 0 amide bonds. The van der Waals surface area contributed by atoms with Crippen LogP contribution in [0.3, 0.4) is 0 Å². The number of hydrogen-bond acceptors (Lipinski definition) is 4. The van der Waals surface area contributed by atoms with E-state index in [1.165, 1.54) is 12.1 Å². The van der Waals surface area contributed by atoms with Gasteiger partial charge in [0.05, 0.1) is 28.9 Å². The zero-order valence-electron chi connectivity index (χ0n) is 9.88. The number of nitrogens with zero attached hydrogens (tertiary/aromatic N) is 1. The second-order valence-electron chi connectivity index (χ2n) is 3.85. The van der Waals surface area contributed by atoms with Crippen LogP contribution in [-0.2, 0) is 14.6 Å². The zero-order chi connectivity index (χ0) is 12.9. The molecule has 17 heavy (non-hydrogen) atoms. The molecule has 0 saturated heterocycles. The van der Waals surface area contributed by atoms with Gasteiger partial charge in [-0.3, -0.25) is 0 Å². The predicted molar refractivity (Wildman–Crippen MR) is 64.3 cm³/mol. The number of ether oxygens (including phenoxy) is 1. The van der Waals surface area contributed by atoms with Crippen LogP contribution in [0.4, 0.5) is 0 Å². The van der Waals surface area contributed by atoms with Crippen LogP contribution in [0.1, 0.15) is 19.4 Å². The molecular weight excluding hydrogens is 238 g/mol. The minimum atomic E-state index is -3.45. The first-order valence-electron chi connectivity index (χ1n) is 5.31. The number of sulfone groups is 1. The van der Waals surface area contributed by atoms with Crippen molar-refractivity contribution < 1.29 is 13.2 Å². The molecule has 1 aromatic rings. The molecule has 1 rings (SSSR count). The summed E-state index contributed by atoms with van der Waals surface area (Å²) in [6.07, 6.45) is -0.00332. The Balaban J connectivity index is 2.87. The van der Waals surface area contributed by atoms with Crippen molar-refractivity contribution in [3.8, 4) is 6.07 Å². The maximum absolute atomic E-state index is 12.0. The van der Waals surface area contributed by atoms with Crippen molar-refractivity contribution >= 4 is 9.84 Å². The fourth-order valence-electron chi connectivity index (χ4n) is 1.33. The van der Waals surface area contributed by atoms with E-state index in [9.17, 15) is 8.42 Å². The molecule has 0 saturated carbocycles. The molecule has 0 bridgehead atoms. The number of nitriles is 1. The molecule has 0 atom stereocenters. The van der Waals surface area contributed by atoms with Crippen LogP contribution in [-0.4, -0.2) is 26.9 Å². The van der Waals surface area contributed by atoms with Gasteiger partial charge in [-0.15, -0.1) is 0 Å². The Morgan fingerprint density at radius 3 is 2.59 bits per heavy atom. The Morgan fingerprint density at radius 1 is 1.35 bits per heavy atom. The van der Waals surface area contributed by atoms with Gasteiger partial charge in [-0.2, -0.15) is 5.26 Å². The van der Waals surface area contributed by atoms with Crippen molar-refractivity contribution in [2.45, 2.75) is 24.8 Å². The molecule has 0 heterocycles. The van der Waals surface area contributed by atoms with E-state index in [-0.39, 0.29) is 28.9 Å². The van der Waals surface area contributed by atoms with Crippen LogP contribution >= 0.6 is 0 Å². The molecule has 0 aromatic heterocycles. The topological polar surface area (TPSA) is 67.2 Å². The van der Waals surface area contributed by atoms with Gasteiger partial charge in [-0.1, -0.05) is 12.1 Å². The molecule has 0 aliphatic rings. The first-order chi connectivity index (χ1) is 7.97. The normalized spacial score (nSPS) is 11.4. The quantitative estimate of drug-likeness (QED) is 0.802. The van der Waals surface area contributed by atoms with Crippen molar-refractivity contribution in [3.05, 3.63) is 29.8 Å². The van der Waals surface area contributed by atoms with E-state index in [1.807, 2.05) is 19.9 Å². The number of hydrogen-bond donors (Lipinski definition) is 0. The number of rotatable bonds is 5. The summed E-state index contributed by atoms with van der Waals surface area (Å²) in [5, 5.41) is 8.85. The lowest BCUT2D eigenvalue weighted by Crippen LogP contribution is -2.16. The lowest BCUT2D eigenvalue weighted by Gasteiger charge is -2.09. The summed E-state index contributed by atoms with van der Waals surface area (Å²) in [5.74, 6) is -0.107. The average Bonchev–Trinajstić information content (AvgIpc) is 2.28. The first-order valence-corrected chi connectivity index (χ1v) is 6.96. The summed E-state index contributed by atoms with van der Waals surface area (Å²) < 4.78 is 29.1. The lowest BCUT2D eigenvalue weighted by atomic mass is 10.2. The van der Waals surface area contributed by atoms with Crippen LogP contribution in [0.5, 0.6) is 0 Å². The van der Waals surface area contributed by atoms with Gasteiger partial charge < -0.3 is 4.74 Å². The van der Waals surface area contributed by atoms with Gasteiger partial charge in [0.1, 0.15) is 6.07 Å². The van der Waals surface area contributed by atoms with Crippen LogP contribution in [0.2, 0.25) is 0 Å². The fourth-order valence-corrected chi connectivity index (χ4v) is 2.60. The second kappa shape index (κ2) is 5.80. The van der Waals surface area contributed by atoms with Gasteiger partial charge in [0.2, 0.25) is 0 Å². The molecule has 0 spiro atoms. The van der Waals surface area contributed by atoms with Crippen molar-refractivity contribution in [2.24, 2.45) is 0 Å². The van der Waals surface area contributed by atoms with E-state index in [2.05, 4.69) is 0 Å². The maximum atomic E-state index is 12.0. The van der Waals surface area contributed by atoms with Crippen molar-refractivity contribution in [1.82, 2.24) is 0 Å². The summed E-state index contributed by atoms with van der Waals surface area (Å²) in [6.45, 7) is 3.82. The standard InChI is InChI=1S/C12H15NO3S/c1-10(2)16-7-8-17(14,15)12-6-4-3-5-11(12)9-13/h3-6,10H,7-8H2,1-2H3. The van der Waals surface area contributed by atoms with E-state index < -0.39 is 9.84 Å². The molecule has 0 fully saturated rings. The van der Waals surface area contributed by atoms with Gasteiger partial charge in [-0.05, 0) is 26.0 Å². The summed E-state index contributed by atoms with van der Waals surface area (Å²) in [5.41, 5.74) is 0.178. The van der Waals surface area contributed by atoms with E-state index >= 15 is 0 Å². The fraction of sp³-hybridized carbons (Fsp3) is 0.417. The summed E-state index contributed by atoms with van der Waals surface area (Å²) in [4.78, 5) is 0.0786. The predicted octanol–water partition coefficient (Wildman–Crippen LogP) is 1.76. The van der Waals surface area contributed by atoms with E-state index in [4.69, 9.17) is 10.00 Å². The number of benzene rings is 1. The van der Waals surface area contributed by atoms with E-state index in [0.717, 1.165) is 0 Å². The van der Waals surface area contributed by atoms with Gasteiger partial charge in [0, 0.05) is 0 Å². The molecule has 92 valence electrons. The van der Waals surface area contributed by atoms with Crippen LogP contribution in [0, 0.1) is 11.3 Å². The average molecular weight is 253 g/mol. The van der Waals surface area contributed by atoms with Crippen LogP contribution in [0.25, 0.3) is 0 Å². The lowest BCUT2D eigenvalue weighted by molar-refractivity contribution is 0.0912. The van der Waals surface area contributed by atoms with E-state index in [1.54, 1.807) is 12.1 Å². The van der Waals surface area contributed by atoms with Crippen molar-refractivity contribution in [1.29, 1.82) is 5.26 Å². The summed E-state index contributed by atoms with van der Waals surface area (Å²) in [6, 6.07) is 8.07.